The Kier molecular flexibility index (Phi) is 7.06. The Labute approximate surface area is 218 Å². The lowest BCUT2D eigenvalue weighted by molar-refractivity contribution is -0.119. The first kappa shape index (κ1) is 24.8. The van der Waals surface area contributed by atoms with Gasteiger partial charge < -0.3 is 9.30 Å². The number of morpholine rings is 1. The van der Waals surface area contributed by atoms with Gasteiger partial charge in [-0.15, -0.1) is 0 Å². The average molecular weight is 576 g/mol. The van der Waals surface area contributed by atoms with E-state index in [0.717, 1.165) is 58.5 Å². The number of fused-ring (bicyclic) bond motifs is 2. The first-order valence-electron chi connectivity index (χ1n) is 11.6. The molecule has 36 heavy (non-hydrogen) atoms. The van der Waals surface area contributed by atoms with Crippen molar-refractivity contribution in [1.82, 2.24) is 28.6 Å². The first-order chi connectivity index (χ1) is 17.3. The van der Waals surface area contributed by atoms with Crippen LogP contribution in [0.1, 0.15) is 6.42 Å². The Morgan fingerprint density at radius 1 is 1.19 bits per heavy atom. The maximum atomic E-state index is 13.7. The van der Waals surface area contributed by atoms with E-state index in [4.69, 9.17) is 9.72 Å². The number of hydrogen-bond acceptors (Lipinski definition) is 8. The quantitative estimate of drug-likeness (QED) is 0.329. The third-order valence-corrected chi connectivity index (χ3v) is 7.89. The van der Waals surface area contributed by atoms with Gasteiger partial charge in [-0.25, -0.2) is 14.8 Å². The van der Waals surface area contributed by atoms with Gasteiger partial charge in [0.1, 0.15) is 6.54 Å². The van der Waals surface area contributed by atoms with E-state index in [9.17, 15) is 14.4 Å². The number of hydrogen-bond donors (Lipinski definition) is 0. The summed E-state index contributed by atoms with van der Waals surface area (Å²) < 4.78 is 11.2. The third-order valence-electron chi connectivity index (χ3n) is 6.35. The fraction of sp³-hybridized carbons (Fsp3) is 0.435. The van der Waals surface area contributed by atoms with Crippen molar-refractivity contribution in [1.29, 1.82) is 0 Å². The molecule has 13 heteroatoms. The van der Waals surface area contributed by atoms with Crippen LogP contribution in [0.3, 0.4) is 0 Å². The van der Waals surface area contributed by atoms with E-state index in [1.807, 2.05) is 18.2 Å². The van der Waals surface area contributed by atoms with Gasteiger partial charge in [0.05, 0.1) is 29.8 Å². The van der Waals surface area contributed by atoms with E-state index >= 15 is 0 Å². The number of carbonyl (C=O) groups is 1. The molecule has 0 saturated carbocycles. The fourth-order valence-corrected chi connectivity index (χ4v) is 5.91. The molecule has 1 saturated heterocycles. The van der Waals surface area contributed by atoms with E-state index in [-0.39, 0.29) is 23.6 Å². The van der Waals surface area contributed by atoms with Gasteiger partial charge in [0.15, 0.2) is 16.3 Å². The number of aryl methyl sites for hydroxylation is 1. The van der Waals surface area contributed by atoms with Crippen LogP contribution >= 0.6 is 27.3 Å². The number of anilines is 1. The Hall–Kier alpha value is -2.87. The third kappa shape index (κ3) is 4.75. The van der Waals surface area contributed by atoms with Crippen molar-refractivity contribution >= 4 is 59.7 Å². The van der Waals surface area contributed by atoms with Crippen LogP contribution in [0, 0.1) is 0 Å². The molecular weight excluding hydrogens is 550 g/mol. The van der Waals surface area contributed by atoms with E-state index in [1.165, 1.54) is 33.8 Å². The topological polar surface area (TPSA) is 107 Å². The van der Waals surface area contributed by atoms with Gasteiger partial charge in [0, 0.05) is 44.7 Å². The molecule has 4 heterocycles. The molecule has 1 aromatic carbocycles. The highest BCUT2D eigenvalue weighted by Crippen LogP contribution is 2.31. The van der Waals surface area contributed by atoms with Crippen LogP contribution in [-0.4, -0.2) is 73.9 Å². The highest BCUT2D eigenvalue weighted by molar-refractivity contribution is 9.10. The molecular formula is C23H26BrN7O4S. The second-order valence-electron chi connectivity index (χ2n) is 8.71. The lowest BCUT2D eigenvalue weighted by Crippen LogP contribution is -2.40. The van der Waals surface area contributed by atoms with Crippen molar-refractivity contribution in [2.24, 2.45) is 14.1 Å². The van der Waals surface area contributed by atoms with Crippen molar-refractivity contribution in [2.75, 3.05) is 44.3 Å². The van der Waals surface area contributed by atoms with Gasteiger partial charge in [-0.3, -0.25) is 28.5 Å². The summed E-state index contributed by atoms with van der Waals surface area (Å²) in [5, 5.41) is 0.611. The molecule has 5 rings (SSSR count). The summed E-state index contributed by atoms with van der Waals surface area (Å²) >= 11 is 4.95. The maximum Gasteiger partial charge on any atom is 0.332 e. The molecule has 0 atom stereocenters. The number of thiazole rings is 1. The summed E-state index contributed by atoms with van der Waals surface area (Å²) in [6, 6.07) is 5.83. The Morgan fingerprint density at radius 2 is 1.97 bits per heavy atom. The Bertz CT molecular complexity index is 1550. The van der Waals surface area contributed by atoms with Crippen molar-refractivity contribution in [3.8, 4) is 0 Å². The molecule has 0 radical (unpaired) electrons. The second kappa shape index (κ2) is 10.2. The van der Waals surface area contributed by atoms with Crippen LogP contribution in [0.15, 0.2) is 38.6 Å². The lowest BCUT2D eigenvalue weighted by atomic mass is 10.3. The van der Waals surface area contributed by atoms with Crippen molar-refractivity contribution in [3.05, 3.63) is 49.8 Å². The summed E-state index contributed by atoms with van der Waals surface area (Å²) in [4.78, 5) is 51.7. The molecule has 1 aliphatic heterocycles. The molecule has 1 amide bonds. The van der Waals surface area contributed by atoms with E-state index in [2.05, 4.69) is 25.8 Å². The summed E-state index contributed by atoms with van der Waals surface area (Å²) in [6.45, 7) is 4.45. The summed E-state index contributed by atoms with van der Waals surface area (Å²) in [5.74, 6) is -0.203. The number of imidazole rings is 1. The number of rotatable bonds is 7. The molecule has 3 aromatic heterocycles. The Morgan fingerprint density at radius 3 is 2.75 bits per heavy atom. The molecule has 190 valence electrons. The summed E-state index contributed by atoms with van der Waals surface area (Å²) in [6.07, 6.45) is 2.21. The minimum absolute atomic E-state index is 0.0961. The van der Waals surface area contributed by atoms with Crippen LogP contribution in [0.25, 0.3) is 21.4 Å². The smallest absolute Gasteiger partial charge is 0.332 e. The lowest BCUT2D eigenvalue weighted by Gasteiger charge is -2.27. The molecule has 11 nitrogen and oxygen atoms in total. The molecule has 1 aliphatic rings. The second-order valence-corrected chi connectivity index (χ2v) is 10.6. The van der Waals surface area contributed by atoms with Gasteiger partial charge in [-0.05, 0) is 24.6 Å². The van der Waals surface area contributed by atoms with Crippen molar-refractivity contribution in [3.63, 3.8) is 0 Å². The minimum Gasteiger partial charge on any atom is -0.379 e. The zero-order chi connectivity index (χ0) is 25.4. The monoisotopic (exact) mass is 575 g/mol. The van der Waals surface area contributed by atoms with Crippen LogP contribution in [-0.2, 0) is 30.2 Å². The number of ether oxygens (including phenoxy) is 1. The molecule has 0 N–H and O–H groups in total. The van der Waals surface area contributed by atoms with E-state index < -0.39 is 11.2 Å². The Balaban J connectivity index is 1.44. The number of halogens is 1. The van der Waals surface area contributed by atoms with Gasteiger partial charge in [-0.2, -0.15) is 0 Å². The maximum absolute atomic E-state index is 13.7. The van der Waals surface area contributed by atoms with Gasteiger partial charge >= 0.3 is 5.69 Å². The largest absolute Gasteiger partial charge is 0.379 e. The van der Waals surface area contributed by atoms with Gasteiger partial charge in [0.2, 0.25) is 5.91 Å². The number of benzene rings is 1. The van der Waals surface area contributed by atoms with E-state index in [1.54, 1.807) is 11.9 Å². The number of nitrogens with zero attached hydrogens (tertiary/aromatic N) is 7. The van der Waals surface area contributed by atoms with Crippen molar-refractivity contribution in [2.45, 2.75) is 13.0 Å². The van der Waals surface area contributed by atoms with Gasteiger partial charge in [-0.1, -0.05) is 27.3 Å². The molecule has 1 fully saturated rings. The zero-order valence-electron chi connectivity index (χ0n) is 20.0. The number of carbonyl (C=O) groups excluding carboxylic acids is 1. The highest BCUT2D eigenvalue weighted by atomic mass is 79.9. The van der Waals surface area contributed by atoms with Crippen LogP contribution in [0.5, 0.6) is 0 Å². The summed E-state index contributed by atoms with van der Waals surface area (Å²) in [5.41, 5.74) is 0.340. The normalized spacial score (nSPS) is 14.6. The van der Waals surface area contributed by atoms with Crippen LogP contribution in [0.2, 0.25) is 0 Å². The number of amides is 1. The van der Waals surface area contributed by atoms with E-state index in [0.29, 0.717) is 11.7 Å². The molecule has 0 unspecified atom stereocenters. The van der Waals surface area contributed by atoms with Crippen LogP contribution in [0.4, 0.5) is 5.13 Å². The van der Waals surface area contributed by atoms with Crippen LogP contribution < -0.4 is 16.1 Å². The molecule has 0 bridgehead atoms. The minimum atomic E-state index is -0.484. The average Bonchev–Trinajstić information content (AvgIpc) is 3.48. The summed E-state index contributed by atoms with van der Waals surface area (Å²) in [7, 11) is 2.97. The SMILES string of the molecule is Cn1c(=O)c2c(ncn2CC(=O)N(CCCN2CCOCC2)c2nc3ccc(Br)cc3s2)n(C)c1=O. The molecule has 0 aliphatic carbocycles. The molecule has 4 aromatic rings. The standard InChI is InChI=1S/C23H26BrN7O4S/c1-27-20-19(21(33)28(2)23(27)34)30(14-25-20)13-18(32)31(7-3-6-29-8-10-35-11-9-29)22-26-16-5-4-15(24)12-17(16)36-22/h4-5,12,14H,3,6-11,13H2,1-2H3. The first-order valence-corrected chi connectivity index (χ1v) is 13.2. The highest BCUT2D eigenvalue weighted by Gasteiger charge is 2.23. The zero-order valence-corrected chi connectivity index (χ0v) is 22.4. The predicted molar refractivity (Wildman–Crippen MR) is 142 cm³/mol. The van der Waals surface area contributed by atoms with Crippen molar-refractivity contribution < 1.29 is 9.53 Å². The van der Waals surface area contributed by atoms with Gasteiger partial charge in [0.25, 0.3) is 5.56 Å². The molecule has 0 spiro atoms. The number of aromatic nitrogens is 5. The fourth-order valence-electron chi connectivity index (χ4n) is 4.35. The predicted octanol–water partition coefficient (Wildman–Crippen LogP) is 1.56.